The summed E-state index contributed by atoms with van der Waals surface area (Å²) in [6, 6.07) is 12.2. The van der Waals surface area contributed by atoms with Crippen molar-refractivity contribution >= 4 is 17.5 Å². The first-order chi connectivity index (χ1) is 11.6. The van der Waals surface area contributed by atoms with Crippen LogP contribution in [0.4, 0.5) is 11.5 Å². The molecule has 0 aliphatic heterocycles. The van der Waals surface area contributed by atoms with E-state index >= 15 is 0 Å². The average Bonchev–Trinajstić information content (AvgIpc) is 2.96. The van der Waals surface area contributed by atoms with E-state index in [0.717, 1.165) is 5.69 Å². The fraction of sp³-hybridized carbons (Fsp3) is 0.118. The number of aryl methyl sites for hydroxylation is 1. The quantitative estimate of drug-likeness (QED) is 0.750. The van der Waals surface area contributed by atoms with Crippen LogP contribution in [0.5, 0.6) is 5.75 Å². The summed E-state index contributed by atoms with van der Waals surface area (Å²) in [5.74, 6) is 0.696. The Morgan fingerprint density at radius 1 is 1.25 bits per heavy atom. The van der Waals surface area contributed by atoms with E-state index in [2.05, 4.69) is 15.4 Å². The van der Waals surface area contributed by atoms with Gasteiger partial charge in [0, 0.05) is 12.3 Å². The van der Waals surface area contributed by atoms with Crippen LogP contribution in [-0.4, -0.2) is 33.0 Å². The minimum Gasteiger partial charge on any atom is -0.497 e. The van der Waals surface area contributed by atoms with Gasteiger partial charge in [0.1, 0.15) is 11.6 Å². The normalized spacial score (nSPS) is 10.4. The number of anilines is 2. The molecule has 1 aromatic carbocycles. The van der Waals surface area contributed by atoms with E-state index in [1.807, 2.05) is 31.2 Å². The molecule has 2 heterocycles. The molecule has 24 heavy (non-hydrogen) atoms. The Bertz CT molecular complexity index is 875. The van der Waals surface area contributed by atoms with E-state index in [0.29, 0.717) is 23.1 Å². The van der Waals surface area contributed by atoms with Crippen molar-refractivity contribution in [2.24, 2.45) is 0 Å². The van der Waals surface area contributed by atoms with Gasteiger partial charge in [-0.15, -0.1) is 0 Å². The zero-order chi connectivity index (χ0) is 17.1. The molecule has 7 nitrogen and oxygen atoms in total. The average molecular weight is 324 g/mol. The Balaban J connectivity index is 2.02. The molecule has 0 fully saturated rings. The Morgan fingerprint density at radius 3 is 2.75 bits per heavy atom. The van der Waals surface area contributed by atoms with Gasteiger partial charge in [0.2, 0.25) is 0 Å². The molecule has 0 radical (unpaired) electrons. The highest BCUT2D eigenvalue weighted by Gasteiger charge is 2.15. The Labute approximate surface area is 138 Å². The van der Waals surface area contributed by atoms with Gasteiger partial charge in [-0.2, -0.15) is 9.78 Å². The molecule has 3 aromatic rings. The number of ether oxygens (including phenoxy) is 1. The Kier molecular flexibility index (Phi) is 4.15. The summed E-state index contributed by atoms with van der Waals surface area (Å²) in [4.78, 5) is 15.8. The maximum atomic E-state index is 11.5. The van der Waals surface area contributed by atoms with Crippen LogP contribution in [0.2, 0.25) is 0 Å². The van der Waals surface area contributed by atoms with Crippen LogP contribution in [0.3, 0.4) is 0 Å². The number of carbonyl (C=O) groups is 1. The van der Waals surface area contributed by atoms with Crippen molar-refractivity contribution in [1.82, 2.24) is 14.8 Å². The van der Waals surface area contributed by atoms with Gasteiger partial charge in [-0.25, -0.2) is 9.78 Å². The number of nitrogens with zero attached hydrogens (tertiary/aromatic N) is 3. The molecule has 0 aliphatic carbocycles. The maximum absolute atomic E-state index is 11.5. The lowest BCUT2D eigenvalue weighted by molar-refractivity contribution is 0.0697. The van der Waals surface area contributed by atoms with Gasteiger partial charge < -0.3 is 15.2 Å². The van der Waals surface area contributed by atoms with Crippen molar-refractivity contribution in [2.75, 3.05) is 12.4 Å². The lowest BCUT2D eigenvalue weighted by Gasteiger charge is -2.12. The van der Waals surface area contributed by atoms with Gasteiger partial charge in [0.15, 0.2) is 5.82 Å². The zero-order valence-corrected chi connectivity index (χ0v) is 13.2. The molecule has 0 saturated heterocycles. The molecule has 0 atom stereocenters. The molecular weight excluding hydrogens is 308 g/mol. The summed E-state index contributed by atoms with van der Waals surface area (Å²) in [7, 11) is 1.49. The number of methoxy groups -OCH3 is 1. The van der Waals surface area contributed by atoms with E-state index in [1.165, 1.54) is 13.2 Å². The lowest BCUT2D eigenvalue weighted by Crippen LogP contribution is -2.07. The topological polar surface area (TPSA) is 89.3 Å². The number of aromatic nitrogens is 3. The van der Waals surface area contributed by atoms with Gasteiger partial charge in [-0.3, -0.25) is 0 Å². The van der Waals surface area contributed by atoms with Crippen molar-refractivity contribution in [3.63, 3.8) is 0 Å². The summed E-state index contributed by atoms with van der Waals surface area (Å²) >= 11 is 0. The SMILES string of the molecule is COc1ccc(Nc2cc(C)nn2-c2ccccn2)c(C(=O)O)c1. The summed E-state index contributed by atoms with van der Waals surface area (Å²) in [6.07, 6.45) is 1.67. The summed E-state index contributed by atoms with van der Waals surface area (Å²) in [5, 5.41) is 16.9. The molecule has 0 saturated carbocycles. The second kappa shape index (κ2) is 6.41. The van der Waals surface area contributed by atoms with Crippen LogP contribution >= 0.6 is 0 Å². The molecule has 122 valence electrons. The Hall–Kier alpha value is -3.35. The number of nitrogens with one attached hydrogen (secondary N) is 1. The molecular formula is C17H16N4O3. The van der Waals surface area contributed by atoms with Gasteiger partial charge in [-0.1, -0.05) is 6.07 Å². The van der Waals surface area contributed by atoms with Gasteiger partial charge in [0.05, 0.1) is 24.1 Å². The van der Waals surface area contributed by atoms with Crippen molar-refractivity contribution in [1.29, 1.82) is 0 Å². The van der Waals surface area contributed by atoms with E-state index < -0.39 is 5.97 Å². The molecule has 0 spiro atoms. The zero-order valence-electron chi connectivity index (χ0n) is 13.2. The number of rotatable bonds is 5. The highest BCUT2D eigenvalue weighted by molar-refractivity contribution is 5.95. The lowest BCUT2D eigenvalue weighted by atomic mass is 10.1. The van der Waals surface area contributed by atoms with Crippen molar-refractivity contribution in [2.45, 2.75) is 6.92 Å². The molecule has 0 unspecified atom stereocenters. The van der Waals surface area contributed by atoms with Crippen molar-refractivity contribution in [3.8, 4) is 11.6 Å². The smallest absolute Gasteiger partial charge is 0.337 e. The van der Waals surface area contributed by atoms with Crippen molar-refractivity contribution in [3.05, 3.63) is 59.9 Å². The molecule has 7 heteroatoms. The van der Waals surface area contributed by atoms with Crippen LogP contribution in [0.25, 0.3) is 5.82 Å². The van der Waals surface area contributed by atoms with Crippen LogP contribution in [0.15, 0.2) is 48.7 Å². The standard InChI is InChI=1S/C17H16N4O3/c1-11-9-16(21(20-11)15-5-3-4-8-18-15)19-14-7-6-12(24-2)10-13(14)17(22)23/h3-10,19H,1-2H3,(H,22,23). The number of pyridine rings is 1. The van der Waals surface area contributed by atoms with Crippen LogP contribution in [0.1, 0.15) is 16.1 Å². The maximum Gasteiger partial charge on any atom is 0.337 e. The first-order valence-corrected chi connectivity index (χ1v) is 7.25. The summed E-state index contributed by atoms with van der Waals surface area (Å²) < 4.78 is 6.72. The van der Waals surface area contributed by atoms with Crippen LogP contribution in [-0.2, 0) is 0 Å². The third-order valence-corrected chi connectivity index (χ3v) is 3.42. The molecule has 2 N–H and O–H groups in total. The number of aromatic carboxylic acids is 1. The predicted molar refractivity (Wildman–Crippen MR) is 89.3 cm³/mol. The van der Waals surface area contributed by atoms with Gasteiger partial charge >= 0.3 is 5.97 Å². The summed E-state index contributed by atoms with van der Waals surface area (Å²) in [5.41, 5.74) is 1.34. The fourth-order valence-electron chi connectivity index (χ4n) is 2.32. The van der Waals surface area contributed by atoms with Gasteiger partial charge in [0.25, 0.3) is 0 Å². The number of carboxylic acid groups (broad SMARTS) is 1. The molecule has 0 bridgehead atoms. The molecule has 0 amide bonds. The van der Waals surface area contributed by atoms with Gasteiger partial charge in [-0.05, 0) is 37.3 Å². The van der Waals surface area contributed by atoms with E-state index in [-0.39, 0.29) is 5.56 Å². The van der Waals surface area contributed by atoms with E-state index in [1.54, 1.807) is 23.0 Å². The largest absolute Gasteiger partial charge is 0.497 e. The van der Waals surface area contributed by atoms with Crippen LogP contribution in [0, 0.1) is 6.92 Å². The molecule has 0 aliphatic rings. The molecule has 2 aromatic heterocycles. The highest BCUT2D eigenvalue weighted by Crippen LogP contribution is 2.26. The minimum atomic E-state index is -1.04. The van der Waals surface area contributed by atoms with E-state index in [9.17, 15) is 9.90 Å². The first kappa shape index (κ1) is 15.5. The summed E-state index contributed by atoms with van der Waals surface area (Å²) in [6.45, 7) is 1.86. The number of hydrogen-bond donors (Lipinski definition) is 2. The van der Waals surface area contributed by atoms with E-state index in [4.69, 9.17) is 4.74 Å². The Morgan fingerprint density at radius 2 is 2.08 bits per heavy atom. The third kappa shape index (κ3) is 3.05. The monoisotopic (exact) mass is 324 g/mol. The third-order valence-electron chi connectivity index (χ3n) is 3.42. The number of benzene rings is 1. The second-order valence-electron chi connectivity index (χ2n) is 5.11. The number of carboxylic acids is 1. The van der Waals surface area contributed by atoms with Crippen molar-refractivity contribution < 1.29 is 14.6 Å². The second-order valence-corrected chi connectivity index (χ2v) is 5.11. The predicted octanol–water partition coefficient (Wildman–Crippen LogP) is 3.03. The number of hydrogen-bond acceptors (Lipinski definition) is 5. The van der Waals surface area contributed by atoms with Crippen LogP contribution < -0.4 is 10.1 Å². The molecule has 3 rings (SSSR count). The minimum absolute atomic E-state index is 0.112. The highest BCUT2D eigenvalue weighted by atomic mass is 16.5. The fourth-order valence-corrected chi connectivity index (χ4v) is 2.32. The first-order valence-electron chi connectivity index (χ1n) is 7.25.